The summed E-state index contributed by atoms with van der Waals surface area (Å²) >= 11 is 0. The highest BCUT2D eigenvalue weighted by molar-refractivity contribution is 5.75. The molecular weight excluding hydrogens is 396 g/mol. The topological polar surface area (TPSA) is 169 Å². The van der Waals surface area contributed by atoms with Crippen molar-refractivity contribution in [3.8, 4) is 0 Å². The number of benzene rings is 1. The van der Waals surface area contributed by atoms with Gasteiger partial charge in [-0.15, -0.1) is 0 Å². The van der Waals surface area contributed by atoms with Gasteiger partial charge < -0.3 is 25.4 Å². The van der Waals surface area contributed by atoms with E-state index in [-0.39, 0.29) is 12.4 Å². The summed E-state index contributed by atoms with van der Waals surface area (Å²) in [6.07, 6.45) is -2.91. The van der Waals surface area contributed by atoms with Crippen LogP contribution in [-0.2, 0) is 20.7 Å². The number of carbonyl (C=O) groups excluding carboxylic acids is 1. The molecule has 0 unspecified atom stereocenters. The highest BCUT2D eigenvalue weighted by atomic mass is 16.6. The van der Waals surface area contributed by atoms with Gasteiger partial charge in [0.1, 0.15) is 31.0 Å². The van der Waals surface area contributed by atoms with Crippen LogP contribution in [0, 0.1) is 0 Å². The summed E-state index contributed by atoms with van der Waals surface area (Å²) in [5, 5.41) is 29.2. The molecule has 0 radical (unpaired) electrons. The van der Waals surface area contributed by atoms with Gasteiger partial charge in [0.05, 0.1) is 0 Å². The number of esters is 1. The van der Waals surface area contributed by atoms with Gasteiger partial charge in [-0.3, -0.25) is 20.0 Å². The average Bonchev–Trinajstić information content (AvgIpc) is 3.04. The Morgan fingerprint density at radius 2 is 2.00 bits per heavy atom. The maximum Gasteiger partial charge on any atom is 0.351 e. The molecule has 1 aliphatic rings. The number of hydrogen-bond donors (Lipinski definition) is 5. The number of nitrogens with zero attached hydrogens (tertiary/aromatic N) is 2. The number of rotatable bonds is 8. The van der Waals surface area contributed by atoms with E-state index in [0.29, 0.717) is 12.8 Å². The number of aromatic nitrogens is 2. The second-order valence-corrected chi connectivity index (χ2v) is 6.92. The molecule has 0 spiro atoms. The first kappa shape index (κ1) is 21.9. The predicted molar refractivity (Wildman–Crippen MR) is 104 cm³/mol. The monoisotopic (exact) mass is 420 g/mol. The number of nitrogens with one attached hydrogen (secondary N) is 1. The van der Waals surface area contributed by atoms with Gasteiger partial charge in [-0.2, -0.15) is 4.98 Å². The molecule has 162 valence electrons. The molecule has 0 amide bonds. The van der Waals surface area contributed by atoms with Gasteiger partial charge in [0.25, 0.3) is 0 Å². The molecule has 5 atom stereocenters. The quantitative estimate of drug-likeness (QED) is 0.268. The van der Waals surface area contributed by atoms with E-state index in [4.69, 9.17) is 20.4 Å². The van der Waals surface area contributed by atoms with Crippen molar-refractivity contribution in [3.05, 3.63) is 58.6 Å². The predicted octanol–water partition coefficient (Wildman–Crippen LogP) is -0.833. The summed E-state index contributed by atoms with van der Waals surface area (Å²) in [7, 11) is 0. The zero-order valence-electron chi connectivity index (χ0n) is 16.0. The van der Waals surface area contributed by atoms with Crippen LogP contribution in [0.5, 0.6) is 0 Å². The van der Waals surface area contributed by atoms with Crippen molar-refractivity contribution in [3.63, 3.8) is 0 Å². The molecule has 0 bridgehead atoms. The Kier molecular flexibility index (Phi) is 7.13. The number of anilines is 1. The minimum Gasteiger partial charge on any atom is -0.462 e. The van der Waals surface area contributed by atoms with E-state index >= 15 is 0 Å². The van der Waals surface area contributed by atoms with E-state index < -0.39 is 42.2 Å². The molecule has 2 heterocycles. The summed E-state index contributed by atoms with van der Waals surface area (Å²) in [4.78, 5) is 27.7. The third kappa shape index (κ3) is 5.01. The molecule has 30 heavy (non-hydrogen) atoms. The van der Waals surface area contributed by atoms with Gasteiger partial charge >= 0.3 is 11.7 Å². The number of aryl methyl sites for hydroxylation is 1. The molecule has 0 saturated carbocycles. The van der Waals surface area contributed by atoms with Crippen molar-refractivity contribution in [2.45, 2.75) is 43.4 Å². The Morgan fingerprint density at radius 1 is 1.27 bits per heavy atom. The van der Waals surface area contributed by atoms with Gasteiger partial charge in [-0.05, 0) is 24.5 Å². The number of carbonyl (C=O) groups is 1. The normalized spacial score (nSPS) is 24.4. The van der Waals surface area contributed by atoms with Gasteiger partial charge in [-0.25, -0.2) is 4.79 Å². The van der Waals surface area contributed by atoms with Crippen LogP contribution in [0.1, 0.15) is 18.2 Å². The first-order valence-corrected chi connectivity index (χ1v) is 9.37. The fourth-order valence-corrected chi connectivity index (χ4v) is 3.12. The van der Waals surface area contributed by atoms with Crippen LogP contribution in [0.15, 0.2) is 47.4 Å². The van der Waals surface area contributed by atoms with Gasteiger partial charge in [0, 0.05) is 6.20 Å². The average molecular weight is 420 g/mol. The highest BCUT2D eigenvalue weighted by Gasteiger charge is 2.44. The molecular formula is C19H24N4O7. The van der Waals surface area contributed by atoms with Crippen molar-refractivity contribution < 1.29 is 29.7 Å². The molecule has 11 heteroatoms. The molecule has 1 saturated heterocycles. The number of aliphatic hydroxyl groups is 2. The van der Waals surface area contributed by atoms with Crippen molar-refractivity contribution in [1.29, 1.82) is 0 Å². The van der Waals surface area contributed by atoms with Crippen molar-refractivity contribution in [1.82, 2.24) is 9.55 Å². The Morgan fingerprint density at radius 3 is 2.67 bits per heavy atom. The largest absolute Gasteiger partial charge is 0.462 e. The third-order valence-electron chi connectivity index (χ3n) is 4.84. The van der Waals surface area contributed by atoms with Crippen LogP contribution in [0.4, 0.5) is 5.82 Å². The fourth-order valence-electron chi connectivity index (χ4n) is 3.12. The van der Waals surface area contributed by atoms with E-state index in [1.807, 2.05) is 30.3 Å². The minimum absolute atomic E-state index is 0.0840. The number of nitrogens with two attached hydrogens (primary N) is 1. The van der Waals surface area contributed by atoms with Crippen molar-refractivity contribution in [2.75, 3.05) is 12.1 Å². The lowest BCUT2D eigenvalue weighted by atomic mass is 10.1. The van der Waals surface area contributed by atoms with Crippen LogP contribution >= 0.6 is 0 Å². The maximum atomic E-state index is 12.1. The summed E-state index contributed by atoms with van der Waals surface area (Å²) in [5.74, 6) is -0.740. The summed E-state index contributed by atoms with van der Waals surface area (Å²) in [6.45, 7) is -0.342. The van der Waals surface area contributed by atoms with Crippen LogP contribution in [0.2, 0.25) is 0 Å². The summed E-state index contributed by atoms with van der Waals surface area (Å²) in [6, 6.07) is 9.99. The van der Waals surface area contributed by atoms with Crippen molar-refractivity contribution >= 4 is 11.8 Å². The Balaban J connectivity index is 1.54. The Labute approximate surface area is 171 Å². The molecule has 1 aromatic heterocycles. The maximum absolute atomic E-state index is 12.1. The zero-order valence-corrected chi connectivity index (χ0v) is 16.0. The number of ether oxygens (including phenoxy) is 2. The molecule has 2 aromatic rings. The molecule has 1 aliphatic heterocycles. The third-order valence-corrected chi connectivity index (χ3v) is 4.84. The van der Waals surface area contributed by atoms with Crippen molar-refractivity contribution in [2.24, 2.45) is 5.73 Å². The zero-order chi connectivity index (χ0) is 21.7. The highest BCUT2D eigenvalue weighted by Crippen LogP contribution is 2.28. The van der Waals surface area contributed by atoms with Crippen LogP contribution in [0.25, 0.3) is 0 Å². The van der Waals surface area contributed by atoms with Gasteiger partial charge in [0.15, 0.2) is 12.0 Å². The molecule has 1 fully saturated rings. The second kappa shape index (κ2) is 9.78. The van der Waals surface area contributed by atoms with Crippen LogP contribution in [-0.4, -0.2) is 61.9 Å². The van der Waals surface area contributed by atoms with Crippen LogP contribution in [0.3, 0.4) is 0 Å². The number of hydrogen-bond acceptors (Lipinski definition) is 10. The van der Waals surface area contributed by atoms with Gasteiger partial charge in [-0.1, -0.05) is 30.3 Å². The van der Waals surface area contributed by atoms with Gasteiger partial charge in [0.2, 0.25) is 0 Å². The standard InChI is InChI=1S/C19H24N4O7/c20-12(7-6-11-4-2-1-3-5-11)18(26)29-10-13-15(24)16(25)17(30-13)23-9-8-14(22-28)21-19(23)27/h1-5,8-9,12-13,15-17,24-25,28H,6-7,10,20H2,(H,21,22,27)/t12-,13-,15-,16-,17-/m1/s1. The molecule has 6 N–H and O–H groups in total. The fraction of sp³-hybridized carbons (Fsp3) is 0.421. The smallest absolute Gasteiger partial charge is 0.351 e. The lowest BCUT2D eigenvalue weighted by molar-refractivity contribution is -0.151. The lowest BCUT2D eigenvalue weighted by Crippen LogP contribution is -2.38. The SMILES string of the molecule is N[C@H](CCc1ccccc1)C(=O)OC[C@H]1O[C@@H](n2ccc(NO)nc2=O)[C@H](O)[C@@H]1O. The second-order valence-electron chi connectivity index (χ2n) is 6.92. The Bertz CT molecular complexity index is 907. The molecule has 0 aliphatic carbocycles. The lowest BCUT2D eigenvalue weighted by Gasteiger charge is -2.17. The summed E-state index contributed by atoms with van der Waals surface area (Å²) in [5.41, 5.74) is 7.83. The van der Waals surface area contributed by atoms with E-state index in [0.717, 1.165) is 10.1 Å². The minimum atomic E-state index is -1.45. The summed E-state index contributed by atoms with van der Waals surface area (Å²) < 4.78 is 11.6. The molecule has 1 aromatic carbocycles. The first-order chi connectivity index (χ1) is 14.4. The van der Waals surface area contributed by atoms with E-state index in [9.17, 15) is 19.8 Å². The van der Waals surface area contributed by atoms with E-state index in [1.165, 1.54) is 12.3 Å². The number of aliphatic hydroxyl groups excluding tert-OH is 2. The van der Waals surface area contributed by atoms with E-state index in [1.54, 1.807) is 5.48 Å². The molecule has 3 rings (SSSR count). The first-order valence-electron chi connectivity index (χ1n) is 9.37. The molecule has 11 nitrogen and oxygen atoms in total. The van der Waals surface area contributed by atoms with Crippen LogP contribution < -0.4 is 16.9 Å². The Hall–Kier alpha value is -2.83. The van der Waals surface area contributed by atoms with E-state index in [2.05, 4.69) is 4.98 Å².